The van der Waals surface area contributed by atoms with Crippen LogP contribution < -0.4 is 4.90 Å². The first-order valence-corrected chi connectivity index (χ1v) is 17.4. The van der Waals surface area contributed by atoms with E-state index in [1.165, 1.54) is 27.5 Å². The van der Waals surface area contributed by atoms with E-state index in [9.17, 15) is 0 Å². The summed E-state index contributed by atoms with van der Waals surface area (Å²) in [6.45, 7) is 0. The van der Waals surface area contributed by atoms with Crippen molar-refractivity contribution in [2.45, 2.75) is 0 Å². The predicted molar refractivity (Wildman–Crippen MR) is 214 cm³/mol. The first-order chi connectivity index (χ1) is 25.3. The van der Waals surface area contributed by atoms with E-state index in [0.29, 0.717) is 0 Å². The average Bonchev–Trinajstić information content (AvgIpc) is 3.75. The summed E-state index contributed by atoms with van der Waals surface area (Å²) in [5.74, 6) is 0. The Hall–Kier alpha value is -6.84. The van der Waals surface area contributed by atoms with Crippen LogP contribution >= 0.6 is 0 Å². The molecule has 0 atom stereocenters. The third-order valence-electron chi connectivity index (χ3n) is 9.96. The summed E-state index contributed by atoms with van der Waals surface area (Å²) in [4.78, 5) is 2.37. The normalized spacial score (nSPS) is 11.5. The van der Waals surface area contributed by atoms with Crippen molar-refractivity contribution in [3.63, 3.8) is 0 Å². The van der Waals surface area contributed by atoms with Crippen molar-refractivity contribution in [1.82, 2.24) is 4.57 Å². The molecule has 240 valence electrons. The van der Waals surface area contributed by atoms with E-state index in [1.807, 2.05) is 6.07 Å². The van der Waals surface area contributed by atoms with Crippen LogP contribution in [0.15, 0.2) is 199 Å². The Labute approximate surface area is 295 Å². The second-order valence-corrected chi connectivity index (χ2v) is 12.9. The van der Waals surface area contributed by atoms with Gasteiger partial charge in [0.05, 0.1) is 16.7 Å². The molecule has 0 bridgehead atoms. The van der Waals surface area contributed by atoms with Gasteiger partial charge >= 0.3 is 0 Å². The van der Waals surface area contributed by atoms with Gasteiger partial charge < -0.3 is 13.9 Å². The highest BCUT2D eigenvalue weighted by molar-refractivity contribution is 6.28. The summed E-state index contributed by atoms with van der Waals surface area (Å²) in [6, 6.07) is 69.0. The molecule has 3 nitrogen and oxygen atoms in total. The van der Waals surface area contributed by atoms with Gasteiger partial charge in [0.1, 0.15) is 11.2 Å². The minimum Gasteiger partial charge on any atom is -0.456 e. The van der Waals surface area contributed by atoms with Crippen LogP contribution in [0.1, 0.15) is 0 Å². The highest BCUT2D eigenvalue weighted by Gasteiger charge is 2.26. The van der Waals surface area contributed by atoms with Gasteiger partial charge in [0.15, 0.2) is 0 Å². The highest BCUT2D eigenvalue weighted by atomic mass is 16.3. The molecule has 8 aromatic carbocycles. The van der Waals surface area contributed by atoms with E-state index in [-0.39, 0.29) is 0 Å². The highest BCUT2D eigenvalue weighted by Crippen LogP contribution is 2.49. The lowest BCUT2D eigenvalue weighted by Crippen LogP contribution is -2.11. The SMILES string of the molecule is c1ccc(-c2ccc(-c3c4c(cc5c3c3cccc(N(c6ccccc6)c6ccccc6)c3n5-c3ccccc3)oc3ccccc34)cc2)cc1. The molecule has 0 N–H and O–H groups in total. The van der Waals surface area contributed by atoms with Gasteiger partial charge in [-0.05, 0) is 65.2 Å². The third-order valence-corrected chi connectivity index (χ3v) is 9.96. The molecule has 0 saturated carbocycles. The number of hydrogen-bond donors (Lipinski definition) is 0. The van der Waals surface area contributed by atoms with E-state index in [4.69, 9.17) is 4.42 Å². The quantitative estimate of drug-likeness (QED) is 0.178. The number of para-hydroxylation sites is 5. The lowest BCUT2D eigenvalue weighted by molar-refractivity contribution is 0.669. The second kappa shape index (κ2) is 11.9. The molecule has 0 aliphatic carbocycles. The maximum Gasteiger partial charge on any atom is 0.138 e. The molecule has 10 aromatic rings. The van der Waals surface area contributed by atoms with Crippen molar-refractivity contribution in [1.29, 1.82) is 0 Å². The molecule has 2 heterocycles. The topological polar surface area (TPSA) is 21.3 Å². The molecule has 0 saturated heterocycles. The van der Waals surface area contributed by atoms with Crippen LogP contribution in [0, 0.1) is 0 Å². The number of aromatic nitrogens is 1. The number of benzene rings is 8. The maximum atomic E-state index is 6.70. The molecular formula is C48H32N2O. The number of hydrogen-bond acceptors (Lipinski definition) is 2. The monoisotopic (exact) mass is 652 g/mol. The molecule has 2 aromatic heterocycles. The smallest absolute Gasteiger partial charge is 0.138 e. The van der Waals surface area contributed by atoms with Crippen LogP contribution in [0.5, 0.6) is 0 Å². The Morgan fingerprint density at radius 2 is 0.961 bits per heavy atom. The first-order valence-electron chi connectivity index (χ1n) is 17.4. The predicted octanol–water partition coefficient (Wildman–Crippen LogP) is 13.5. The van der Waals surface area contributed by atoms with Crippen molar-refractivity contribution >= 4 is 60.8 Å². The number of anilines is 3. The third kappa shape index (κ3) is 4.74. The Kier molecular flexibility index (Phi) is 6.81. The van der Waals surface area contributed by atoms with E-state index < -0.39 is 0 Å². The fourth-order valence-electron chi connectivity index (χ4n) is 7.77. The molecule has 51 heavy (non-hydrogen) atoms. The van der Waals surface area contributed by atoms with Gasteiger partial charge in [-0.15, -0.1) is 0 Å². The van der Waals surface area contributed by atoms with Crippen molar-refractivity contribution in [2.24, 2.45) is 0 Å². The van der Waals surface area contributed by atoms with Crippen LogP contribution in [-0.2, 0) is 0 Å². The average molecular weight is 653 g/mol. The molecule has 3 heteroatoms. The lowest BCUT2D eigenvalue weighted by Gasteiger charge is -2.27. The zero-order valence-corrected chi connectivity index (χ0v) is 27.8. The van der Waals surface area contributed by atoms with Crippen LogP contribution in [-0.4, -0.2) is 4.57 Å². The Morgan fingerprint density at radius 1 is 0.412 bits per heavy atom. The maximum absolute atomic E-state index is 6.70. The Morgan fingerprint density at radius 3 is 1.65 bits per heavy atom. The fourth-order valence-corrected chi connectivity index (χ4v) is 7.77. The van der Waals surface area contributed by atoms with Crippen molar-refractivity contribution < 1.29 is 4.42 Å². The van der Waals surface area contributed by atoms with Crippen LogP contribution in [0.25, 0.3) is 71.7 Å². The largest absolute Gasteiger partial charge is 0.456 e. The lowest BCUT2D eigenvalue weighted by atomic mass is 9.93. The Balaban J connectivity index is 1.37. The molecule has 10 rings (SSSR count). The van der Waals surface area contributed by atoms with Crippen molar-refractivity contribution in [3.8, 4) is 27.9 Å². The molecule has 0 spiro atoms. The van der Waals surface area contributed by atoms with E-state index in [2.05, 4.69) is 198 Å². The van der Waals surface area contributed by atoms with Crippen LogP contribution in [0.3, 0.4) is 0 Å². The van der Waals surface area contributed by atoms with Gasteiger partial charge in [-0.1, -0.05) is 140 Å². The molecule has 0 amide bonds. The molecule has 0 fully saturated rings. The summed E-state index contributed by atoms with van der Waals surface area (Å²) in [5, 5.41) is 4.62. The molecule has 0 aliphatic rings. The molecule has 0 radical (unpaired) electrons. The van der Waals surface area contributed by atoms with Gasteiger partial charge in [-0.2, -0.15) is 0 Å². The van der Waals surface area contributed by atoms with Gasteiger partial charge in [0.25, 0.3) is 0 Å². The molecule has 0 aliphatic heterocycles. The van der Waals surface area contributed by atoms with Crippen LogP contribution in [0.4, 0.5) is 17.1 Å². The van der Waals surface area contributed by atoms with Crippen LogP contribution in [0.2, 0.25) is 0 Å². The number of rotatable bonds is 6. The minimum absolute atomic E-state index is 0.871. The van der Waals surface area contributed by atoms with Crippen molar-refractivity contribution in [3.05, 3.63) is 194 Å². The molecular weight excluding hydrogens is 621 g/mol. The number of nitrogens with zero attached hydrogens (tertiary/aromatic N) is 2. The minimum atomic E-state index is 0.871. The van der Waals surface area contributed by atoms with E-state index in [0.717, 1.165) is 61.3 Å². The summed E-state index contributed by atoms with van der Waals surface area (Å²) in [5.41, 5.74) is 13.1. The van der Waals surface area contributed by atoms with E-state index >= 15 is 0 Å². The van der Waals surface area contributed by atoms with E-state index in [1.54, 1.807) is 0 Å². The number of furan rings is 1. The van der Waals surface area contributed by atoms with Gasteiger partial charge in [0, 0.05) is 50.2 Å². The zero-order valence-electron chi connectivity index (χ0n) is 27.8. The number of fused-ring (bicyclic) bond motifs is 6. The second-order valence-electron chi connectivity index (χ2n) is 12.9. The van der Waals surface area contributed by atoms with Gasteiger partial charge in [-0.3, -0.25) is 0 Å². The summed E-state index contributed by atoms with van der Waals surface area (Å²) in [6.07, 6.45) is 0. The standard InChI is InChI=1S/C48H32N2O/c1-5-16-33(17-6-1)34-28-30-35(31-29-34)45-46-40-25-15-26-41(49(36-18-7-2-8-19-36)37-20-9-3-10-21-37)48(40)50(38-22-11-4-12-23-38)42(46)32-44-47(45)39-24-13-14-27-43(39)51-44/h1-32H. The summed E-state index contributed by atoms with van der Waals surface area (Å²) in [7, 11) is 0. The van der Waals surface area contributed by atoms with Gasteiger partial charge in [-0.25, -0.2) is 0 Å². The Bertz CT molecular complexity index is 2780. The summed E-state index contributed by atoms with van der Waals surface area (Å²) >= 11 is 0. The summed E-state index contributed by atoms with van der Waals surface area (Å²) < 4.78 is 9.12. The van der Waals surface area contributed by atoms with Gasteiger partial charge in [0.2, 0.25) is 0 Å². The first kappa shape index (κ1) is 29.1. The fraction of sp³-hybridized carbons (Fsp3) is 0. The zero-order chi connectivity index (χ0) is 33.7. The molecule has 0 unspecified atom stereocenters. The van der Waals surface area contributed by atoms with Crippen molar-refractivity contribution in [2.75, 3.05) is 4.90 Å².